The molecule has 5 heteroatoms. The number of hydrogen-bond acceptors (Lipinski definition) is 3. The molecule has 1 saturated carbocycles. The van der Waals surface area contributed by atoms with Crippen molar-refractivity contribution in [3.63, 3.8) is 0 Å². The van der Waals surface area contributed by atoms with Gasteiger partial charge in [-0.25, -0.2) is 0 Å². The fourth-order valence-corrected chi connectivity index (χ4v) is 4.07. The molecule has 0 saturated heterocycles. The zero-order chi connectivity index (χ0) is 20.4. The number of nitrogens with one attached hydrogen (secondary N) is 1. The van der Waals surface area contributed by atoms with Gasteiger partial charge in [0.1, 0.15) is 5.75 Å². The molecular formula is C24H26N2O3. The normalized spacial score (nSPS) is 19.1. The quantitative estimate of drug-likeness (QED) is 0.722. The maximum Gasteiger partial charge on any atom is 0.262 e. The molecule has 1 N–H and O–H groups in total. The molecule has 0 radical (unpaired) electrons. The number of carbonyl (C=O) groups is 1. The van der Waals surface area contributed by atoms with Crippen molar-refractivity contribution in [3.05, 3.63) is 70.6 Å². The van der Waals surface area contributed by atoms with Crippen molar-refractivity contribution < 1.29 is 9.53 Å². The minimum absolute atomic E-state index is 0.122. The fraction of sp³-hybridized carbons (Fsp3) is 0.333. The Bertz CT molecular complexity index is 1080. The second-order valence-corrected chi connectivity index (χ2v) is 7.89. The molecule has 2 aromatic carbocycles. The van der Waals surface area contributed by atoms with Gasteiger partial charge in [-0.3, -0.25) is 14.2 Å². The molecule has 0 bridgehead atoms. The molecule has 1 amide bonds. The predicted octanol–water partition coefficient (Wildman–Crippen LogP) is 4.31. The van der Waals surface area contributed by atoms with E-state index >= 15 is 0 Å². The highest BCUT2D eigenvalue weighted by Crippen LogP contribution is 2.25. The number of amides is 1. The Hall–Kier alpha value is -3.08. The van der Waals surface area contributed by atoms with Gasteiger partial charge in [-0.05, 0) is 61.9 Å². The number of rotatable bonds is 4. The number of hydrogen-bond donors (Lipinski definition) is 1. The second kappa shape index (κ2) is 8.11. The summed E-state index contributed by atoms with van der Waals surface area (Å²) in [5.74, 6) is 1.32. The molecule has 4 rings (SSSR count). The zero-order valence-electron chi connectivity index (χ0n) is 16.9. The second-order valence-electron chi connectivity index (χ2n) is 7.89. The van der Waals surface area contributed by atoms with E-state index in [0.29, 0.717) is 27.8 Å². The van der Waals surface area contributed by atoms with Crippen LogP contribution in [0.2, 0.25) is 0 Å². The highest BCUT2D eigenvalue weighted by Gasteiger charge is 2.22. The van der Waals surface area contributed by atoms with E-state index in [-0.39, 0.29) is 17.5 Å². The van der Waals surface area contributed by atoms with Gasteiger partial charge in [0.2, 0.25) is 0 Å². The van der Waals surface area contributed by atoms with Crippen LogP contribution < -0.4 is 15.6 Å². The lowest BCUT2D eigenvalue weighted by Gasteiger charge is -2.27. The van der Waals surface area contributed by atoms with Crippen molar-refractivity contribution >= 4 is 16.7 Å². The summed E-state index contributed by atoms with van der Waals surface area (Å²) in [5.41, 5.74) is 1.07. The lowest BCUT2D eigenvalue weighted by molar-refractivity contribution is 0.0924. The van der Waals surface area contributed by atoms with Crippen LogP contribution in [0.15, 0.2) is 59.5 Å². The van der Waals surface area contributed by atoms with Crippen LogP contribution in [0.4, 0.5) is 0 Å². The minimum Gasteiger partial charge on any atom is -0.497 e. The van der Waals surface area contributed by atoms with Crippen molar-refractivity contribution in [1.29, 1.82) is 0 Å². The molecule has 3 aromatic rings. The maximum absolute atomic E-state index is 13.2. The van der Waals surface area contributed by atoms with Crippen LogP contribution in [0.25, 0.3) is 16.5 Å². The Labute approximate surface area is 170 Å². The van der Waals surface area contributed by atoms with Crippen LogP contribution in [0, 0.1) is 5.92 Å². The van der Waals surface area contributed by atoms with E-state index in [2.05, 4.69) is 12.2 Å². The van der Waals surface area contributed by atoms with Gasteiger partial charge in [0.05, 0.1) is 12.7 Å². The molecular weight excluding hydrogens is 364 g/mol. The Morgan fingerprint density at radius 1 is 1.00 bits per heavy atom. The molecule has 0 aliphatic heterocycles. The van der Waals surface area contributed by atoms with E-state index in [0.717, 1.165) is 31.6 Å². The average Bonchev–Trinajstić information content (AvgIpc) is 2.76. The molecule has 1 heterocycles. The topological polar surface area (TPSA) is 60.3 Å². The maximum atomic E-state index is 13.2. The van der Waals surface area contributed by atoms with Crippen molar-refractivity contribution in [2.75, 3.05) is 7.11 Å². The third-order valence-electron chi connectivity index (χ3n) is 5.87. The largest absolute Gasteiger partial charge is 0.497 e. The zero-order valence-corrected chi connectivity index (χ0v) is 16.9. The van der Waals surface area contributed by atoms with Crippen molar-refractivity contribution in [2.24, 2.45) is 5.92 Å². The number of nitrogens with zero attached hydrogens (tertiary/aromatic N) is 1. The van der Waals surface area contributed by atoms with Crippen molar-refractivity contribution in [1.82, 2.24) is 9.88 Å². The van der Waals surface area contributed by atoms with Crippen LogP contribution in [0.3, 0.4) is 0 Å². The van der Waals surface area contributed by atoms with Crippen LogP contribution in [0.1, 0.15) is 43.0 Å². The van der Waals surface area contributed by atoms with Crippen molar-refractivity contribution in [2.45, 2.75) is 38.6 Å². The first-order valence-corrected chi connectivity index (χ1v) is 10.2. The Morgan fingerprint density at radius 2 is 1.66 bits per heavy atom. The number of carbonyl (C=O) groups excluding carboxylic acids is 1. The van der Waals surface area contributed by atoms with Crippen molar-refractivity contribution in [3.8, 4) is 11.4 Å². The number of ether oxygens (including phenoxy) is 1. The number of aromatic nitrogens is 1. The van der Waals surface area contributed by atoms with E-state index in [9.17, 15) is 9.59 Å². The van der Waals surface area contributed by atoms with Gasteiger partial charge < -0.3 is 10.1 Å². The summed E-state index contributed by atoms with van der Waals surface area (Å²) < 4.78 is 6.75. The third kappa shape index (κ3) is 3.90. The molecule has 0 spiro atoms. The van der Waals surface area contributed by atoms with Gasteiger partial charge in [0, 0.05) is 28.7 Å². The molecule has 1 aliphatic rings. The number of pyridine rings is 1. The minimum atomic E-state index is -0.145. The lowest BCUT2D eigenvalue weighted by atomic mass is 9.87. The first kappa shape index (κ1) is 19.2. The molecule has 1 aliphatic carbocycles. The Balaban J connectivity index is 1.75. The van der Waals surface area contributed by atoms with E-state index in [4.69, 9.17) is 4.74 Å². The van der Waals surface area contributed by atoms with Gasteiger partial charge >= 0.3 is 0 Å². The SMILES string of the molecule is COc1ccc(-n2cc(C(=O)NC3CCC(C)CC3)c3ccccc3c2=O)cc1. The van der Waals surface area contributed by atoms with Crippen LogP contribution in [-0.4, -0.2) is 23.6 Å². The molecule has 0 unspecified atom stereocenters. The first-order valence-electron chi connectivity index (χ1n) is 10.2. The molecule has 1 fully saturated rings. The first-order chi connectivity index (χ1) is 14.1. The van der Waals surface area contributed by atoms with E-state index in [1.54, 1.807) is 36.1 Å². The summed E-state index contributed by atoms with van der Waals surface area (Å²) in [5, 5.41) is 4.41. The van der Waals surface area contributed by atoms with Gasteiger partial charge in [0.15, 0.2) is 0 Å². The summed E-state index contributed by atoms with van der Waals surface area (Å²) in [6, 6.07) is 14.7. The molecule has 1 aromatic heterocycles. The molecule has 29 heavy (non-hydrogen) atoms. The third-order valence-corrected chi connectivity index (χ3v) is 5.87. The smallest absolute Gasteiger partial charge is 0.262 e. The number of fused-ring (bicyclic) bond motifs is 1. The van der Waals surface area contributed by atoms with E-state index < -0.39 is 0 Å². The van der Waals surface area contributed by atoms with Gasteiger partial charge in [0.25, 0.3) is 11.5 Å². The summed E-state index contributed by atoms with van der Waals surface area (Å²) in [7, 11) is 1.60. The predicted molar refractivity (Wildman–Crippen MR) is 115 cm³/mol. The Morgan fingerprint density at radius 3 is 2.31 bits per heavy atom. The summed E-state index contributed by atoms with van der Waals surface area (Å²) in [6.45, 7) is 2.26. The van der Waals surface area contributed by atoms with E-state index in [1.807, 2.05) is 30.3 Å². The summed E-state index contributed by atoms with van der Waals surface area (Å²) in [4.78, 5) is 26.2. The Kier molecular flexibility index (Phi) is 5.38. The number of benzene rings is 2. The fourth-order valence-electron chi connectivity index (χ4n) is 4.07. The van der Waals surface area contributed by atoms with Crippen LogP contribution in [0.5, 0.6) is 5.75 Å². The van der Waals surface area contributed by atoms with Gasteiger partial charge in [-0.1, -0.05) is 25.1 Å². The highest BCUT2D eigenvalue weighted by molar-refractivity contribution is 6.06. The summed E-state index contributed by atoms with van der Waals surface area (Å²) >= 11 is 0. The van der Waals surface area contributed by atoms with Gasteiger partial charge in [-0.15, -0.1) is 0 Å². The lowest BCUT2D eigenvalue weighted by Crippen LogP contribution is -2.38. The van der Waals surface area contributed by atoms with Crippen LogP contribution in [-0.2, 0) is 0 Å². The molecule has 5 nitrogen and oxygen atoms in total. The average molecular weight is 390 g/mol. The monoisotopic (exact) mass is 390 g/mol. The standard InChI is InChI=1S/C24H26N2O3/c1-16-7-9-17(10-8-16)25-23(27)22-15-26(18-11-13-19(29-2)14-12-18)24(28)21-6-4-3-5-20(21)22/h3-6,11-17H,7-10H2,1-2H3,(H,25,27). The van der Waals surface area contributed by atoms with Crippen LogP contribution >= 0.6 is 0 Å². The van der Waals surface area contributed by atoms with E-state index in [1.165, 1.54) is 0 Å². The molecule has 0 atom stereocenters. The molecule has 150 valence electrons. The number of methoxy groups -OCH3 is 1. The highest BCUT2D eigenvalue weighted by atomic mass is 16.5. The summed E-state index contributed by atoms with van der Waals surface area (Å²) in [6.07, 6.45) is 5.94. The van der Waals surface area contributed by atoms with Gasteiger partial charge in [-0.2, -0.15) is 0 Å².